The fraction of sp³-hybridized carbons (Fsp3) is 0.0400. The number of nitrogens with two attached hydrogens (primary N) is 1. The molecular formula is C25H17ClFN5O2. The van der Waals surface area contributed by atoms with Gasteiger partial charge in [0.1, 0.15) is 11.3 Å². The largest absolute Gasteiger partial charge is 0.364 e. The van der Waals surface area contributed by atoms with E-state index in [0.717, 1.165) is 5.56 Å². The van der Waals surface area contributed by atoms with Crippen LogP contribution in [-0.4, -0.2) is 25.0 Å². The summed E-state index contributed by atoms with van der Waals surface area (Å²) in [6.07, 6.45) is 0. The number of hydrogen-bond acceptors (Lipinski definition) is 4. The summed E-state index contributed by atoms with van der Waals surface area (Å²) < 4.78 is 16.3. The number of carbonyl (C=O) groups is 1. The summed E-state index contributed by atoms with van der Waals surface area (Å²) in [6, 6.07) is 21.5. The number of primary amides is 1. The van der Waals surface area contributed by atoms with Gasteiger partial charge in [0.05, 0.1) is 12.2 Å². The van der Waals surface area contributed by atoms with Crippen molar-refractivity contribution in [3.8, 4) is 17.1 Å². The lowest BCUT2D eigenvalue weighted by Gasteiger charge is -2.08. The second-order valence-corrected chi connectivity index (χ2v) is 8.04. The van der Waals surface area contributed by atoms with E-state index < -0.39 is 17.4 Å². The van der Waals surface area contributed by atoms with E-state index >= 15 is 0 Å². The van der Waals surface area contributed by atoms with Gasteiger partial charge >= 0.3 is 5.69 Å². The third-order valence-corrected chi connectivity index (χ3v) is 5.63. The molecule has 0 bridgehead atoms. The van der Waals surface area contributed by atoms with Crippen molar-refractivity contribution in [2.75, 3.05) is 0 Å². The summed E-state index contributed by atoms with van der Waals surface area (Å²) >= 11 is 6.00. The van der Waals surface area contributed by atoms with Crippen LogP contribution in [0, 0.1) is 5.82 Å². The summed E-state index contributed by atoms with van der Waals surface area (Å²) in [5.74, 6) is -1.05. The molecule has 0 atom stereocenters. The molecule has 0 fully saturated rings. The normalized spacial score (nSPS) is 11.1. The van der Waals surface area contributed by atoms with Crippen LogP contribution in [0.3, 0.4) is 0 Å². The second-order valence-electron chi connectivity index (χ2n) is 7.61. The molecule has 2 aromatic heterocycles. The molecule has 5 rings (SSSR count). The first-order valence-electron chi connectivity index (χ1n) is 10.3. The molecule has 1 amide bonds. The van der Waals surface area contributed by atoms with Gasteiger partial charge in [0.15, 0.2) is 17.2 Å². The van der Waals surface area contributed by atoms with Gasteiger partial charge in [0.25, 0.3) is 5.91 Å². The monoisotopic (exact) mass is 473 g/mol. The van der Waals surface area contributed by atoms with Crippen LogP contribution < -0.4 is 11.4 Å². The van der Waals surface area contributed by atoms with Crippen LogP contribution in [0.5, 0.6) is 0 Å². The highest BCUT2D eigenvalue weighted by Crippen LogP contribution is 2.25. The molecule has 0 aliphatic carbocycles. The molecule has 0 aliphatic heterocycles. The van der Waals surface area contributed by atoms with E-state index in [2.05, 4.69) is 9.97 Å². The molecule has 9 heteroatoms. The molecular weight excluding hydrogens is 457 g/mol. The van der Waals surface area contributed by atoms with Crippen LogP contribution in [0.15, 0.2) is 83.7 Å². The molecule has 2 heterocycles. The lowest BCUT2D eigenvalue weighted by Crippen LogP contribution is -2.24. The highest BCUT2D eigenvalue weighted by atomic mass is 35.5. The molecule has 168 valence electrons. The standard InChI is InChI=1S/C25H17ClFN5O2/c26-17-8-6-16(7-9-17)23-29-20(22(28)33)21-24(30-23)32(19-12-10-18(27)11-13-19)25(34)31(21)14-15-4-2-1-3-5-15/h1-13H,14H2,(H2,28,33). The summed E-state index contributed by atoms with van der Waals surface area (Å²) in [5.41, 5.74) is 7.34. The second kappa shape index (κ2) is 8.57. The van der Waals surface area contributed by atoms with Crippen molar-refractivity contribution in [2.24, 2.45) is 5.73 Å². The van der Waals surface area contributed by atoms with Gasteiger partial charge < -0.3 is 5.73 Å². The quantitative estimate of drug-likeness (QED) is 0.414. The summed E-state index contributed by atoms with van der Waals surface area (Å²) in [6.45, 7) is 0.161. The van der Waals surface area contributed by atoms with Crippen molar-refractivity contribution in [2.45, 2.75) is 6.54 Å². The first-order valence-corrected chi connectivity index (χ1v) is 10.7. The maximum Gasteiger partial charge on any atom is 0.335 e. The highest BCUT2D eigenvalue weighted by Gasteiger charge is 2.24. The van der Waals surface area contributed by atoms with Gasteiger partial charge in [-0.2, -0.15) is 0 Å². The van der Waals surface area contributed by atoms with Crippen LogP contribution in [-0.2, 0) is 6.54 Å². The number of imidazole rings is 1. The number of nitrogens with zero attached hydrogens (tertiary/aromatic N) is 4. The molecule has 5 aromatic rings. The van der Waals surface area contributed by atoms with E-state index in [9.17, 15) is 14.0 Å². The summed E-state index contributed by atoms with van der Waals surface area (Å²) in [5, 5.41) is 0.525. The number of halogens is 2. The van der Waals surface area contributed by atoms with Gasteiger partial charge in [-0.25, -0.2) is 23.7 Å². The molecule has 0 unspecified atom stereocenters. The average molecular weight is 474 g/mol. The van der Waals surface area contributed by atoms with Crippen LogP contribution in [0.2, 0.25) is 5.02 Å². The maximum atomic E-state index is 13.6. The zero-order valence-corrected chi connectivity index (χ0v) is 18.4. The van der Waals surface area contributed by atoms with Gasteiger partial charge in [-0.1, -0.05) is 41.9 Å². The topological polar surface area (TPSA) is 95.8 Å². The molecule has 0 spiro atoms. The van der Waals surface area contributed by atoms with Gasteiger partial charge in [-0.05, 0) is 54.1 Å². The minimum atomic E-state index is -0.805. The Kier molecular flexibility index (Phi) is 5.43. The Labute approximate surface area is 197 Å². The van der Waals surface area contributed by atoms with E-state index in [-0.39, 0.29) is 29.2 Å². The number of hydrogen-bond donors (Lipinski definition) is 1. The molecule has 0 radical (unpaired) electrons. The summed E-state index contributed by atoms with van der Waals surface area (Å²) in [7, 11) is 0. The first kappa shape index (κ1) is 21.5. The Balaban J connectivity index is 1.85. The molecule has 34 heavy (non-hydrogen) atoms. The predicted octanol–water partition coefficient (Wildman–Crippen LogP) is 4.19. The van der Waals surface area contributed by atoms with Crippen LogP contribution in [0.25, 0.3) is 28.2 Å². The lowest BCUT2D eigenvalue weighted by atomic mass is 10.2. The van der Waals surface area contributed by atoms with E-state index in [0.29, 0.717) is 16.3 Å². The molecule has 2 N–H and O–H groups in total. The lowest BCUT2D eigenvalue weighted by molar-refractivity contribution is 0.0997. The Morgan fingerprint density at radius 3 is 2.26 bits per heavy atom. The van der Waals surface area contributed by atoms with Crippen molar-refractivity contribution in [3.05, 3.63) is 111 Å². The van der Waals surface area contributed by atoms with Crippen molar-refractivity contribution >= 4 is 28.7 Å². The number of benzene rings is 3. The third-order valence-electron chi connectivity index (χ3n) is 5.37. The maximum absolute atomic E-state index is 13.6. The number of rotatable bonds is 5. The minimum absolute atomic E-state index is 0.0937. The zero-order chi connectivity index (χ0) is 23.8. The Bertz CT molecular complexity index is 1580. The van der Waals surface area contributed by atoms with E-state index in [1.165, 1.54) is 33.4 Å². The SMILES string of the molecule is NC(=O)c1nc(-c2ccc(Cl)cc2)nc2c1n(Cc1ccccc1)c(=O)n2-c1ccc(F)cc1. The van der Waals surface area contributed by atoms with Gasteiger partial charge in [-0.3, -0.25) is 9.36 Å². The van der Waals surface area contributed by atoms with E-state index in [1.54, 1.807) is 24.3 Å². The molecule has 0 saturated carbocycles. The van der Waals surface area contributed by atoms with E-state index in [4.69, 9.17) is 17.3 Å². The average Bonchev–Trinajstić information content (AvgIpc) is 3.11. The van der Waals surface area contributed by atoms with Crippen LogP contribution >= 0.6 is 11.6 Å². The van der Waals surface area contributed by atoms with Crippen molar-refractivity contribution in [1.29, 1.82) is 0 Å². The fourth-order valence-corrected chi connectivity index (χ4v) is 3.92. The third kappa shape index (κ3) is 3.84. The number of aromatic nitrogens is 4. The Hall–Kier alpha value is -4.30. The van der Waals surface area contributed by atoms with Crippen molar-refractivity contribution in [3.63, 3.8) is 0 Å². The molecule has 3 aromatic carbocycles. The van der Waals surface area contributed by atoms with Gasteiger partial charge in [-0.15, -0.1) is 0 Å². The Morgan fingerprint density at radius 1 is 0.941 bits per heavy atom. The number of carbonyl (C=O) groups excluding carboxylic acids is 1. The van der Waals surface area contributed by atoms with Crippen molar-refractivity contribution < 1.29 is 9.18 Å². The van der Waals surface area contributed by atoms with E-state index in [1.807, 2.05) is 30.3 Å². The minimum Gasteiger partial charge on any atom is -0.364 e. The fourth-order valence-electron chi connectivity index (χ4n) is 3.79. The zero-order valence-electron chi connectivity index (χ0n) is 17.7. The predicted molar refractivity (Wildman–Crippen MR) is 128 cm³/mol. The number of fused-ring (bicyclic) bond motifs is 1. The molecule has 0 saturated heterocycles. The Morgan fingerprint density at radius 2 is 1.62 bits per heavy atom. The summed E-state index contributed by atoms with van der Waals surface area (Å²) in [4.78, 5) is 35.2. The van der Waals surface area contributed by atoms with Crippen LogP contribution in [0.4, 0.5) is 4.39 Å². The smallest absolute Gasteiger partial charge is 0.335 e. The van der Waals surface area contributed by atoms with Crippen molar-refractivity contribution in [1.82, 2.24) is 19.1 Å². The molecule has 7 nitrogen and oxygen atoms in total. The molecule has 0 aliphatic rings. The van der Waals surface area contributed by atoms with Crippen LogP contribution in [0.1, 0.15) is 16.1 Å². The van der Waals surface area contributed by atoms with Gasteiger partial charge in [0, 0.05) is 10.6 Å². The first-order chi connectivity index (χ1) is 16.4. The number of amides is 1. The van der Waals surface area contributed by atoms with Gasteiger partial charge in [0.2, 0.25) is 0 Å². The highest BCUT2D eigenvalue weighted by molar-refractivity contribution is 6.30.